The Kier molecular flexibility index (Phi) is 5.14. The molecule has 0 aromatic heterocycles. The van der Waals surface area contributed by atoms with Gasteiger partial charge in [-0.15, -0.1) is 0 Å². The number of anilines is 1. The Morgan fingerprint density at radius 2 is 1.57 bits per heavy atom. The zero-order chi connectivity index (χ0) is 15.4. The predicted octanol–water partition coefficient (Wildman–Crippen LogP) is 4.09. The maximum atomic E-state index is 12.1. The van der Waals surface area contributed by atoms with Gasteiger partial charge in [-0.1, -0.05) is 44.0 Å². The summed E-state index contributed by atoms with van der Waals surface area (Å²) in [6.07, 6.45) is -0.0349. The van der Waals surface area contributed by atoms with E-state index in [-0.39, 0.29) is 12.3 Å². The third kappa shape index (κ3) is 4.68. The zero-order valence-corrected chi connectivity index (χ0v) is 13.9. The second-order valence-corrected chi connectivity index (χ2v) is 6.21. The minimum Gasteiger partial charge on any atom is -0.481 e. The lowest BCUT2D eigenvalue weighted by Gasteiger charge is -2.07. The predicted molar refractivity (Wildman–Crippen MR) is 87.6 cm³/mol. The van der Waals surface area contributed by atoms with E-state index in [1.165, 1.54) is 0 Å². The van der Waals surface area contributed by atoms with Gasteiger partial charge >= 0.3 is 5.97 Å². The number of carboxylic acids is 1. The van der Waals surface area contributed by atoms with Gasteiger partial charge in [0.25, 0.3) is 5.91 Å². The Morgan fingerprint density at radius 3 is 2.10 bits per heavy atom. The van der Waals surface area contributed by atoms with Crippen molar-refractivity contribution in [1.29, 1.82) is 0 Å². The van der Waals surface area contributed by atoms with Crippen LogP contribution < -0.4 is 5.32 Å². The number of benzene rings is 2. The van der Waals surface area contributed by atoms with Gasteiger partial charge in [0.2, 0.25) is 0 Å². The first-order valence-electron chi connectivity index (χ1n) is 6.02. The molecule has 0 unspecified atom stereocenters. The fraction of sp³-hybridized carbons (Fsp3) is 0.0667. The third-order valence-electron chi connectivity index (χ3n) is 2.69. The van der Waals surface area contributed by atoms with Gasteiger partial charge in [0.05, 0.1) is 6.42 Å². The van der Waals surface area contributed by atoms with Crippen LogP contribution in [0.15, 0.2) is 51.4 Å². The summed E-state index contributed by atoms with van der Waals surface area (Å²) < 4.78 is 1.61. The lowest BCUT2D eigenvalue weighted by Crippen LogP contribution is -2.12. The number of carboxylic acid groups (broad SMARTS) is 1. The highest BCUT2D eigenvalue weighted by molar-refractivity contribution is 9.11. The Balaban J connectivity index is 2.10. The monoisotopic (exact) mass is 411 g/mol. The van der Waals surface area contributed by atoms with E-state index in [0.717, 1.165) is 8.95 Å². The van der Waals surface area contributed by atoms with Crippen molar-refractivity contribution in [3.8, 4) is 0 Å². The molecule has 6 heteroatoms. The molecule has 1 amide bonds. The van der Waals surface area contributed by atoms with E-state index in [1.54, 1.807) is 36.4 Å². The lowest BCUT2D eigenvalue weighted by molar-refractivity contribution is -0.136. The molecule has 0 aliphatic heterocycles. The van der Waals surface area contributed by atoms with E-state index >= 15 is 0 Å². The van der Waals surface area contributed by atoms with E-state index in [0.29, 0.717) is 16.8 Å². The van der Waals surface area contributed by atoms with Crippen LogP contribution in [0.5, 0.6) is 0 Å². The highest BCUT2D eigenvalue weighted by Crippen LogP contribution is 2.21. The number of halogens is 2. The van der Waals surface area contributed by atoms with Crippen LogP contribution in [0.2, 0.25) is 0 Å². The molecule has 0 radical (unpaired) electrons. The number of nitrogens with one attached hydrogen (secondary N) is 1. The number of rotatable bonds is 4. The molecule has 0 aliphatic carbocycles. The maximum Gasteiger partial charge on any atom is 0.307 e. The molecule has 108 valence electrons. The van der Waals surface area contributed by atoms with E-state index in [9.17, 15) is 9.59 Å². The molecular weight excluding hydrogens is 402 g/mol. The molecule has 0 spiro atoms. The molecule has 0 bridgehead atoms. The Labute approximate surface area is 138 Å². The van der Waals surface area contributed by atoms with Gasteiger partial charge in [-0.3, -0.25) is 9.59 Å². The number of hydrogen-bond acceptors (Lipinski definition) is 2. The molecule has 0 heterocycles. The molecule has 4 nitrogen and oxygen atoms in total. The molecule has 0 fully saturated rings. The van der Waals surface area contributed by atoms with Crippen LogP contribution in [0.25, 0.3) is 0 Å². The number of carbonyl (C=O) groups is 2. The number of hydrogen-bond donors (Lipinski definition) is 2. The third-order valence-corrected chi connectivity index (χ3v) is 3.61. The smallest absolute Gasteiger partial charge is 0.307 e. The first-order chi connectivity index (χ1) is 9.94. The van der Waals surface area contributed by atoms with Gasteiger partial charge in [-0.05, 0) is 35.9 Å². The van der Waals surface area contributed by atoms with Crippen molar-refractivity contribution in [2.75, 3.05) is 5.32 Å². The molecule has 2 rings (SSSR count). The molecule has 0 atom stereocenters. The highest BCUT2D eigenvalue weighted by atomic mass is 79.9. The van der Waals surface area contributed by atoms with Crippen molar-refractivity contribution in [2.24, 2.45) is 0 Å². The van der Waals surface area contributed by atoms with Crippen molar-refractivity contribution in [3.63, 3.8) is 0 Å². The summed E-state index contributed by atoms with van der Waals surface area (Å²) in [4.78, 5) is 22.7. The first kappa shape index (κ1) is 15.7. The molecular formula is C15H11Br2NO3. The highest BCUT2D eigenvalue weighted by Gasteiger charge is 2.08. The van der Waals surface area contributed by atoms with Crippen LogP contribution in [0.4, 0.5) is 5.69 Å². The van der Waals surface area contributed by atoms with Crippen molar-refractivity contribution < 1.29 is 14.7 Å². The molecule has 21 heavy (non-hydrogen) atoms. The Morgan fingerprint density at radius 1 is 1.00 bits per heavy atom. The van der Waals surface area contributed by atoms with E-state index in [1.807, 2.05) is 6.07 Å². The quantitative estimate of drug-likeness (QED) is 0.794. The van der Waals surface area contributed by atoms with E-state index in [2.05, 4.69) is 37.2 Å². The first-order valence-corrected chi connectivity index (χ1v) is 7.61. The Bertz CT molecular complexity index is 664. The van der Waals surface area contributed by atoms with Crippen molar-refractivity contribution >= 4 is 49.4 Å². The molecule has 2 N–H and O–H groups in total. The van der Waals surface area contributed by atoms with Gasteiger partial charge in [-0.25, -0.2) is 0 Å². The summed E-state index contributed by atoms with van der Waals surface area (Å²) in [6, 6.07) is 12.0. The van der Waals surface area contributed by atoms with Crippen molar-refractivity contribution in [2.45, 2.75) is 6.42 Å². The SMILES string of the molecule is O=C(O)Cc1ccc(NC(=O)c2cc(Br)cc(Br)c2)cc1. The summed E-state index contributed by atoms with van der Waals surface area (Å²) in [6.45, 7) is 0. The summed E-state index contributed by atoms with van der Waals surface area (Å²) in [5.41, 5.74) is 1.82. The van der Waals surface area contributed by atoms with E-state index in [4.69, 9.17) is 5.11 Å². The summed E-state index contributed by atoms with van der Waals surface area (Å²) in [5, 5.41) is 11.5. The second-order valence-electron chi connectivity index (χ2n) is 4.38. The number of carbonyl (C=O) groups excluding carboxylic acids is 1. The Hall–Kier alpha value is -1.66. The molecule has 0 saturated carbocycles. The van der Waals surface area contributed by atoms with Crippen LogP contribution in [-0.2, 0) is 11.2 Å². The molecule has 0 aliphatic rings. The summed E-state index contributed by atoms with van der Waals surface area (Å²) >= 11 is 6.67. The number of amides is 1. The fourth-order valence-corrected chi connectivity index (χ4v) is 3.06. The standard InChI is InChI=1S/C15H11Br2NO3/c16-11-6-10(7-12(17)8-11)15(21)18-13-3-1-9(2-4-13)5-14(19)20/h1-4,6-8H,5H2,(H,18,21)(H,19,20). The zero-order valence-electron chi connectivity index (χ0n) is 10.8. The van der Waals surface area contributed by atoms with Crippen LogP contribution in [0, 0.1) is 0 Å². The average molecular weight is 413 g/mol. The van der Waals surface area contributed by atoms with Gasteiger partial charge in [0, 0.05) is 20.2 Å². The van der Waals surface area contributed by atoms with Gasteiger partial charge in [0.1, 0.15) is 0 Å². The van der Waals surface area contributed by atoms with Crippen LogP contribution in [-0.4, -0.2) is 17.0 Å². The summed E-state index contributed by atoms with van der Waals surface area (Å²) in [7, 11) is 0. The van der Waals surface area contributed by atoms with Gasteiger partial charge in [0.15, 0.2) is 0 Å². The maximum absolute atomic E-state index is 12.1. The van der Waals surface area contributed by atoms with Gasteiger partial charge < -0.3 is 10.4 Å². The fourth-order valence-electron chi connectivity index (χ4n) is 1.77. The van der Waals surface area contributed by atoms with E-state index < -0.39 is 5.97 Å². The van der Waals surface area contributed by atoms with Crippen LogP contribution >= 0.6 is 31.9 Å². The van der Waals surface area contributed by atoms with Crippen molar-refractivity contribution in [1.82, 2.24) is 0 Å². The minimum atomic E-state index is -0.884. The van der Waals surface area contributed by atoms with Crippen molar-refractivity contribution in [3.05, 3.63) is 62.5 Å². The molecule has 2 aromatic carbocycles. The van der Waals surface area contributed by atoms with Crippen LogP contribution in [0.3, 0.4) is 0 Å². The van der Waals surface area contributed by atoms with Crippen LogP contribution in [0.1, 0.15) is 15.9 Å². The van der Waals surface area contributed by atoms with Gasteiger partial charge in [-0.2, -0.15) is 0 Å². The molecule has 2 aromatic rings. The largest absolute Gasteiger partial charge is 0.481 e. The summed E-state index contributed by atoms with van der Waals surface area (Å²) in [5.74, 6) is -1.12. The topological polar surface area (TPSA) is 66.4 Å². The minimum absolute atomic E-state index is 0.0349. The molecule has 0 saturated heterocycles. The lowest BCUT2D eigenvalue weighted by atomic mass is 10.1. The average Bonchev–Trinajstić information content (AvgIpc) is 2.39. The number of aliphatic carboxylic acids is 1. The normalized spacial score (nSPS) is 10.2. The second kappa shape index (κ2) is 6.87.